The van der Waals surface area contributed by atoms with Gasteiger partial charge >= 0.3 is 0 Å². The first-order chi connectivity index (χ1) is 8.19. The SMILES string of the molecule is CCC[C@H](N)c1nc(Cc2nc(C)cs2)no1. The van der Waals surface area contributed by atoms with Crippen molar-refractivity contribution in [3.63, 3.8) is 0 Å². The highest BCUT2D eigenvalue weighted by Gasteiger charge is 2.14. The maximum absolute atomic E-state index is 5.91. The normalized spacial score (nSPS) is 12.9. The summed E-state index contributed by atoms with van der Waals surface area (Å²) in [5, 5.41) is 6.94. The lowest BCUT2D eigenvalue weighted by Crippen LogP contribution is -2.10. The molecule has 0 aliphatic rings. The van der Waals surface area contributed by atoms with Crippen molar-refractivity contribution < 1.29 is 4.52 Å². The highest BCUT2D eigenvalue weighted by Crippen LogP contribution is 2.16. The number of nitrogens with zero attached hydrogens (tertiary/aromatic N) is 3. The van der Waals surface area contributed by atoms with Crippen LogP contribution in [0.15, 0.2) is 9.90 Å². The monoisotopic (exact) mass is 252 g/mol. The fourth-order valence-corrected chi connectivity index (χ4v) is 2.31. The van der Waals surface area contributed by atoms with Gasteiger partial charge in [-0.15, -0.1) is 11.3 Å². The molecule has 5 nitrogen and oxygen atoms in total. The number of thiazole rings is 1. The van der Waals surface area contributed by atoms with E-state index in [2.05, 4.69) is 22.0 Å². The van der Waals surface area contributed by atoms with Crippen LogP contribution in [0.25, 0.3) is 0 Å². The molecule has 2 aromatic heterocycles. The lowest BCUT2D eigenvalue weighted by molar-refractivity contribution is 0.345. The molecule has 0 radical (unpaired) electrons. The molecule has 0 aliphatic carbocycles. The molecule has 0 fully saturated rings. The Labute approximate surface area is 104 Å². The van der Waals surface area contributed by atoms with Gasteiger partial charge < -0.3 is 10.3 Å². The zero-order valence-electron chi connectivity index (χ0n) is 10.0. The molecule has 2 N–H and O–H groups in total. The van der Waals surface area contributed by atoms with Gasteiger partial charge in [0.2, 0.25) is 5.89 Å². The highest BCUT2D eigenvalue weighted by molar-refractivity contribution is 7.09. The summed E-state index contributed by atoms with van der Waals surface area (Å²) in [6, 6.07) is -0.153. The van der Waals surface area contributed by atoms with E-state index in [4.69, 9.17) is 10.3 Å². The number of aryl methyl sites for hydroxylation is 1. The van der Waals surface area contributed by atoms with E-state index in [1.807, 2.05) is 12.3 Å². The molecule has 0 unspecified atom stereocenters. The van der Waals surface area contributed by atoms with Gasteiger partial charge in [-0.3, -0.25) is 0 Å². The molecule has 2 aromatic rings. The third kappa shape index (κ3) is 3.10. The Hall–Kier alpha value is -1.27. The van der Waals surface area contributed by atoms with Crippen molar-refractivity contribution in [2.75, 3.05) is 0 Å². The second kappa shape index (κ2) is 5.37. The molecular weight excluding hydrogens is 236 g/mol. The minimum Gasteiger partial charge on any atom is -0.338 e. The van der Waals surface area contributed by atoms with Gasteiger partial charge in [-0.05, 0) is 13.3 Å². The zero-order valence-corrected chi connectivity index (χ0v) is 10.8. The Kier molecular flexibility index (Phi) is 3.86. The summed E-state index contributed by atoms with van der Waals surface area (Å²) < 4.78 is 5.15. The Bertz CT molecular complexity index is 479. The Morgan fingerprint density at radius 3 is 2.94 bits per heavy atom. The zero-order chi connectivity index (χ0) is 12.3. The number of hydrogen-bond donors (Lipinski definition) is 1. The van der Waals surface area contributed by atoms with Gasteiger partial charge in [0.15, 0.2) is 5.82 Å². The van der Waals surface area contributed by atoms with E-state index in [1.165, 1.54) is 0 Å². The van der Waals surface area contributed by atoms with Gasteiger partial charge in [0.05, 0.1) is 12.5 Å². The summed E-state index contributed by atoms with van der Waals surface area (Å²) in [5.74, 6) is 1.18. The van der Waals surface area contributed by atoms with Crippen LogP contribution in [0.3, 0.4) is 0 Å². The van der Waals surface area contributed by atoms with E-state index < -0.39 is 0 Å². The van der Waals surface area contributed by atoms with Crippen LogP contribution in [0, 0.1) is 6.92 Å². The molecule has 0 amide bonds. The van der Waals surface area contributed by atoms with Crippen LogP contribution in [0.1, 0.15) is 48.2 Å². The number of aromatic nitrogens is 3. The minimum absolute atomic E-state index is 0.153. The number of rotatable bonds is 5. The molecule has 92 valence electrons. The van der Waals surface area contributed by atoms with E-state index in [0.717, 1.165) is 23.5 Å². The third-order valence-corrected chi connectivity index (χ3v) is 3.34. The Balaban J connectivity index is 2.03. The van der Waals surface area contributed by atoms with E-state index in [1.54, 1.807) is 11.3 Å². The van der Waals surface area contributed by atoms with Crippen molar-refractivity contribution in [1.29, 1.82) is 0 Å². The van der Waals surface area contributed by atoms with Crippen molar-refractivity contribution in [2.24, 2.45) is 5.73 Å². The van der Waals surface area contributed by atoms with E-state index in [-0.39, 0.29) is 6.04 Å². The van der Waals surface area contributed by atoms with Crippen molar-refractivity contribution in [3.8, 4) is 0 Å². The molecule has 0 aromatic carbocycles. The molecule has 6 heteroatoms. The van der Waals surface area contributed by atoms with Gasteiger partial charge in [0.1, 0.15) is 5.01 Å². The average molecular weight is 252 g/mol. The Morgan fingerprint density at radius 2 is 2.29 bits per heavy atom. The minimum atomic E-state index is -0.153. The highest BCUT2D eigenvalue weighted by atomic mass is 32.1. The molecule has 1 atom stereocenters. The predicted octanol–water partition coefficient (Wildman–Crippen LogP) is 2.23. The van der Waals surface area contributed by atoms with Crippen LogP contribution in [-0.4, -0.2) is 15.1 Å². The second-order valence-electron chi connectivity index (χ2n) is 4.00. The summed E-state index contributed by atoms with van der Waals surface area (Å²) in [4.78, 5) is 8.66. The van der Waals surface area contributed by atoms with Gasteiger partial charge in [-0.25, -0.2) is 4.98 Å². The fraction of sp³-hybridized carbons (Fsp3) is 0.545. The number of nitrogens with two attached hydrogens (primary N) is 1. The van der Waals surface area contributed by atoms with Crippen molar-refractivity contribution in [2.45, 2.75) is 39.2 Å². The first-order valence-corrected chi connectivity index (χ1v) is 6.56. The van der Waals surface area contributed by atoms with Crippen molar-refractivity contribution in [3.05, 3.63) is 27.8 Å². The van der Waals surface area contributed by atoms with Crippen molar-refractivity contribution >= 4 is 11.3 Å². The van der Waals surface area contributed by atoms with Gasteiger partial charge in [-0.2, -0.15) is 4.98 Å². The first-order valence-electron chi connectivity index (χ1n) is 5.68. The summed E-state index contributed by atoms with van der Waals surface area (Å²) in [6.45, 7) is 4.05. The second-order valence-corrected chi connectivity index (χ2v) is 4.95. The molecule has 0 aliphatic heterocycles. The predicted molar refractivity (Wildman–Crippen MR) is 65.8 cm³/mol. The lowest BCUT2D eigenvalue weighted by atomic mass is 10.2. The topological polar surface area (TPSA) is 77.8 Å². The van der Waals surface area contributed by atoms with Gasteiger partial charge in [-0.1, -0.05) is 18.5 Å². The van der Waals surface area contributed by atoms with E-state index in [9.17, 15) is 0 Å². The lowest BCUT2D eigenvalue weighted by Gasteiger charge is -2.01. The average Bonchev–Trinajstić information content (AvgIpc) is 2.89. The molecule has 0 saturated heterocycles. The van der Waals surface area contributed by atoms with E-state index >= 15 is 0 Å². The van der Waals surface area contributed by atoms with Crippen LogP contribution >= 0.6 is 11.3 Å². The van der Waals surface area contributed by atoms with Crippen molar-refractivity contribution in [1.82, 2.24) is 15.1 Å². The van der Waals surface area contributed by atoms with E-state index in [0.29, 0.717) is 18.1 Å². The Morgan fingerprint density at radius 1 is 1.47 bits per heavy atom. The summed E-state index contributed by atoms with van der Waals surface area (Å²) in [5.41, 5.74) is 6.93. The molecule has 17 heavy (non-hydrogen) atoms. The molecular formula is C11H16N4OS. The van der Waals surface area contributed by atoms with Gasteiger partial charge in [0.25, 0.3) is 0 Å². The van der Waals surface area contributed by atoms with Crippen LogP contribution in [-0.2, 0) is 6.42 Å². The smallest absolute Gasteiger partial charge is 0.243 e. The summed E-state index contributed by atoms with van der Waals surface area (Å²) in [6.07, 6.45) is 2.48. The molecule has 0 spiro atoms. The molecule has 2 heterocycles. The summed E-state index contributed by atoms with van der Waals surface area (Å²) >= 11 is 1.61. The summed E-state index contributed by atoms with van der Waals surface area (Å²) in [7, 11) is 0. The maximum atomic E-state index is 5.91. The van der Waals surface area contributed by atoms with Crippen LogP contribution < -0.4 is 5.73 Å². The first kappa shape index (κ1) is 12.2. The van der Waals surface area contributed by atoms with Gasteiger partial charge in [0, 0.05) is 11.1 Å². The fourth-order valence-electron chi connectivity index (χ4n) is 1.54. The quantitative estimate of drug-likeness (QED) is 0.882. The van der Waals surface area contributed by atoms with Crippen LogP contribution in [0.4, 0.5) is 0 Å². The number of hydrogen-bond acceptors (Lipinski definition) is 6. The third-order valence-electron chi connectivity index (χ3n) is 2.38. The van der Waals surface area contributed by atoms with Crippen LogP contribution in [0.2, 0.25) is 0 Å². The molecule has 2 rings (SSSR count). The molecule has 0 saturated carbocycles. The largest absolute Gasteiger partial charge is 0.338 e. The molecule has 0 bridgehead atoms. The van der Waals surface area contributed by atoms with Crippen LogP contribution in [0.5, 0.6) is 0 Å². The standard InChI is InChI=1S/C11H16N4OS/c1-3-4-8(12)11-14-9(15-16-11)5-10-13-7(2)6-17-10/h6,8H,3-5,12H2,1-2H3/t8-/m0/s1. The maximum Gasteiger partial charge on any atom is 0.243 e.